The summed E-state index contributed by atoms with van der Waals surface area (Å²) in [6, 6.07) is 11.9. The van der Waals surface area contributed by atoms with Crippen LogP contribution in [-0.2, 0) is 4.79 Å². The Morgan fingerprint density at radius 1 is 1.26 bits per heavy atom. The van der Waals surface area contributed by atoms with Gasteiger partial charge in [-0.2, -0.15) is 23.3 Å². The summed E-state index contributed by atoms with van der Waals surface area (Å²) in [5, 5.41) is 14.4. The second kappa shape index (κ2) is 8.63. The zero-order valence-electron chi connectivity index (χ0n) is 17.2. The van der Waals surface area contributed by atoms with Crippen LogP contribution in [0.5, 0.6) is 5.75 Å². The van der Waals surface area contributed by atoms with Crippen molar-refractivity contribution < 1.29 is 27.8 Å². The van der Waals surface area contributed by atoms with Gasteiger partial charge in [-0.25, -0.2) is 0 Å². The third-order valence-electron chi connectivity index (χ3n) is 4.99. The van der Waals surface area contributed by atoms with E-state index in [1.807, 2.05) is 32.9 Å². The van der Waals surface area contributed by atoms with Crippen LogP contribution in [0.15, 0.2) is 52.0 Å². The molecule has 31 heavy (non-hydrogen) atoms. The summed E-state index contributed by atoms with van der Waals surface area (Å²) < 4.78 is 47.5. The fourth-order valence-corrected chi connectivity index (χ4v) is 3.54. The van der Waals surface area contributed by atoms with Gasteiger partial charge in [0.1, 0.15) is 5.75 Å². The molecule has 2 aromatic rings. The van der Waals surface area contributed by atoms with Gasteiger partial charge < -0.3 is 9.84 Å². The number of carbonyl (C=O) groups is 1. The summed E-state index contributed by atoms with van der Waals surface area (Å²) in [5.41, 5.74) is -1.40. The van der Waals surface area contributed by atoms with Crippen molar-refractivity contribution in [2.45, 2.75) is 45.0 Å². The minimum atomic E-state index is -5.10. The monoisotopic (exact) mass is 498 g/mol. The predicted molar refractivity (Wildman–Crippen MR) is 114 cm³/mol. The molecule has 0 radical (unpaired) electrons. The van der Waals surface area contributed by atoms with E-state index in [-0.39, 0.29) is 16.6 Å². The number of nitrogens with zero attached hydrogens (tertiary/aromatic N) is 2. The van der Waals surface area contributed by atoms with Gasteiger partial charge in [-0.15, -0.1) is 0 Å². The number of hydrogen-bond acceptors (Lipinski definition) is 4. The van der Waals surface area contributed by atoms with E-state index in [4.69, 9.17) is 4.74 Å². The average molecular weight is 499 g/mol. The molecule has 166 valence electrons. The van der Waals surface area contributed by atoms with Crippen LogP contribution in [0.1, 0.15) is 42.9 Å². The van der Waals surface area contributed by atoms with Crippen molar-refractivity contribution in [2.24, 2.45) is 5.10 Å². The molecule has 0 fully saturated rings. The Kier molecular flexibility index (Phi) is 6.48. The van der Waals surface area contributed by atoms with Crippen LogP contribution in [0.25, 0.3) is 0 Å². The van der Waals surface area contributed by atoms with E-state index in [1.54, 1.807) is 30.3 Å². The topological polar surface area (TPSA) is 62.1 Å². The van der Waals surface area contributed by atoms with Crippen molar-refractivity contribution in [3.63, 3.8) is 0 Å². The first kappa shape index (κ1) is 23.3. The third kappa shape index (κ3) is 4.77. The first-order chi connectivity index (χ1) is 14.4. The summed E-state index contributed by atoms with van der Waals surface area (Å²) in [7, 11) is 0. The number of hydrazone groups is 1. The Bertz CT molecular complexity index is 1010. The molecular weight excluding hydrogens is 477 g/mol. The van der Waals surface area contributed by atoms with Gasteiger partial charge in [-0.3, -0.25) is 4.79 Å². The van der Waals surface area contributed by atoms with Crippen LogP contribution in [0.2, 0.25) is 0 Å². The lowest BCUT2D eigenvalue weighted by Crippen LogP contribution is -2.57. The largest absolute Gasteiger partial charge is 0.483 e. The van der Waals surface area contributed by atoms with Gasteiger partial charge in [0.05, 0.1) is 12.1 Å². The van der Waals surface area contributed by atoms with Gasteiger partial charge in [0.15, 0.2) is 6.61 Å². The Hall–Kier alpha value is -2.39. The van der Waals surface area contributed by atoms with E-state index in [2.05, 4.69) is 21.0 Å². The molecule has 1 N–H and O–H groups in total. The first-order valence-electron chi connectivity index (χ1n) is 9.61. The van der Waals surface area contributed by atoms with Crippen molar-refractivity contribution >= 4 is 27.5 Å². The molecule has 1 aliphatic rings. The molecule has 1 amide bonds. The molecule has 1 aliphatic heterocycles. The molecule has 9 heteroatoms. The second-order valence-corrected chi connectivity index (χ2v) is 8.65. The van der Waals surface area contributed by atoms with Crippen molar-refractivity contribution in [2.75, 3.05) is 6.61 Å². The van der Waals surface area contributed by atoms with Gasteiger partial charge in [-0.05, 0) is 47.7 Å². The van der Waals surface area contributed by atoms with Gasteiger partial charge in [0, 0.05) is 4.47 Å². The first-order valence-corrected chi connectivity index (χ1v) is 10.4. The van der Waals surface area contributed by atoms with E-state index in [1.165, 1.54) is 0 Å². The molecule has 0 bridgehead atoms. The number of aliphatic hydroxyl groups is 1. The van der Waals surface area contributed by atoms with E-state index in [0.717, 1.165) is 15.6 Å². The molecule has 5 nitrogen and oxygen atoms in total. The highest BCUT2D eigenvalue weighted by atomic mass is 79.9. The number of amides is 1. The molecule has 1 heterocycles. The minimum Gasteiger partial charge on any atom is -0.483 e. The van der Waals surface area contributed by atoms with Gasteiger partial charge in [0.2, 0.25) is 0 Å². The van der Waals surface area contributed by atoms with E-state index >= 15 is 0 Å². The molecular formula is C22H22BrF3N2O3. The fourth-order valence-electron chi connectivity index (χ4n) is 3.28. The second-order valence-electron chi connectivity index (χ2n) is 7.73. The highest BCUT2D eigenvalue weighted by Gasteiger charge is 2.63. The molecule has 2 aromatic carbocycles. The lowest BCUT2D eigenvalue weighted by molar-refractivity contribution is -0.302. The Morgan fingerprint density at radius 3 is 2.48 bits per heavy atom. The van der Waals surface area contributed by atoms with Crippen LogP contribution in [-0.4, -0.2) is 40.2 Å². The lowest BCUT2D eigenvalue weighted by Gasteiger charge is -2.32. The quantitative estimate of drug-likeness (QED) is 0.620. The van der Waals surface area contributed by atoms with Crippen LogP contribution >= 0.6 is 15.9 Å². The number of aryl methyl sites for hydroxylation is 1. The smallest absolute Gasteiger partial charge is 0.438 e. The van der Waals surface area contributed by atoms with Gasteiger partial charge in [0.25, 0.3) is 11.6 Å². The minimum absolute atomic E-state index is 0.0425. The van der Waals surface area contributed by atoms with Crippen molar-refractivity contribution in [3.8, 4) is 5.75 Å². The maximum Gasteiger partial charge on any atom is 0.438 e. The Labute approximate surface area is 186 Å². The molecule has 0 saturated carbocycles. The molecule has 1 atom stereocenters. The zero-order chi connectivity index (χ0) is 23.0. The number of rotatable bonds is 5. The SMILES string of the molecule is Cc1ccc(C(C)C)c(OCC(=O)N2N=C(c3ccc(Br)cc3)C[C@]2(O)C(F)(F)F)c1. The maximum atomic E-state index is 13.7. The third-order valence-corrected chi connectivity index (χ3v) is 5.52. The molecule has 0 unspecified atom stereocenters. The van der Waals surface area contributed by atoms with Crippen molar-refractivity contribution in [1.82, 2.24) is 5.01 Å². The average Bonchev–Trinajstić information content (AvgIpc) is 3.05. The Balaban J connectivity index is 1.88. The number of hydrogen-bond donors (Lipinski definition) is 1. The number of alkyl halides is 3. The number of benzene rings is 2. The van der Waals surface area contributed by atoms with E-state index in [9.17, 15) is 23.1 Å². The molecule has 0 saturated heterocycles. The summed E-state index contributed by atoms with van der Waals surface area (Å²) in [4.78, 5) is 12.7. The predicted octanol–water partition coefficient (Wildman–Crippen LogP) is 5.15. The van der Waals surface area contributed by atoms with E-state index in [0.29, 0.717) is 11.3 Å². The summed E-state index contributed by atoms with van der Waals surface area (Å²) in [6.07, 6.45) is -5.97. The number of halogens is 4. The number of ether oxygens (including phenoxy) is 1. The maximum absolute atomic E-state index is 13.7. The normalized spacial score (nSPS) is 19.0. The fraction of sp³-hybridized carbons (Fsp3) is 0.364. The lowest BCUT2D eigenvalue weighted by atomic mass is 10.0. The zero-order valence-corrected chi connectivity index (χ0v) is 18.8. The summed E-state index contributed by atoms with van der Waals surface area (Å²) >= 11 is 3.26. The van der Waals surface area contributed by atoms with Crippen LogP contribution in [0.3, 0.4) is 0 Å². The molecule has 0 aromatic heterocycles. The Morgan fingerprint density at radius 2 is 1.90 bits per heavy atom. The highest BCUT2D eigenvalue weighted by molar-refractivity contribution is 9.10. The van der Waals surface area contributed by atoms with Crippen molar-refractivity contribution in [3.05, 3.63) is 63.6 Å². The van der Waals surface area contributed by atoms with E-state index < -0.39 is 30.8 Å². The molecule has 0 aliphatic carbocycles. The summed E-state index contributed by atoms with van der Waals surface area (Å²) in [6.45, 7) is 5.03. The van der Waals surface area contributed by atoms with Gasteiger partial charge in [-0.1, -0.05) is 54.0 Å². The molecule has 0 spiro atoms. The van der Waals surface area contributed by atoms with Gasteiger partial charge >= 0.3 is 6.18 Å². The van der Waals surface area contributed by atoms with Crippen LogP contribution in [0.4, 0.5) is 13.2 Å². The molecule has 3 rings (SSSR count). The highest BCUT2D eigenvalue weighted by Crippen LogP contribution is 2.41. The standard InChI is InChI=1S/C22H22BrF3N2O3/c1-13(2)17-9-4-14(3)10-19(17)31-12-20(29)28-21(30,22(24,25)26)11-18(27-28)15-5-7-16(23)8-6-15/h4-10,13,30H,11-12H2,1-3H3/t21-/m0/s1. The number of carbonyl (C=O) groups excluding carboxylic acids is 1. The summed E-state index contributed by atoms with van der Waals surface area (Å²) in [5.74, 6) is -0.593. The van der Waals surface area contributed by atoms with Crippen LogP contribution < -0.4 is 4.74 Å². The van der Waals surface area contributed by atoms with Crippen molar-refractivity contribution in [1.29, 1.82) is 0 Å². The van der Waals surface area contributed by atoms with Crippen LogP contribution in [0, 0.1) is 6.92 Å².